The van der Waals surface area contributed by atoms with Crippen LogP contribution >= 0.6 is 23.1 Å². The molecule has 1 heterocycles. The number of hydrogen-bond donors (Lipinski definition) is 3. The fourth-order valence-electron chi connectivity index (χ4n) is 2.69. The zero-order valence-corrected chi connectivity index (χ0v) is 19.0. The molecular formula is C23H21N3O4S2. The number of carbonyl (C=O) groups excluding carboxylic acids is 2. The Labute approximate surface area is 193 Å². The van der Waals surface area contributed by atoms with E-state index >= 15 is 0 Å². The van der Waals surface area contributed by atoms with Crippen molar-refractivity contribution in [3.8, 4) is 11.3 Å². The Kier molecular flexibility index (Phi) is 7.80. The van der Waals surface area contributed by atoms with E-state index in [0.29, 0.717) is 10.8 Å². The Morgan fingerprint density at radius 3 is 2.41 bits per heavy atom. The minimum absolute atomic E-state index is 0.0491. The average Bonchev–Trinajstić information content (AvgIpc) is 3.13. The molecule has 3 aromatic rings. The van der Waals surface area contributed by atoms with Crippen molar-refractivity contribution in [1.29, 1.82) is 0 Å². The molecule has 0 saturated carbocycles. The number of anilines is 2. The number of aryl methyl sites for hydroxylation is 1. The number of hydrogen-bond acceptors (Lipinski definition) is 6. The Hall–Kier alpha value is -3.43. The van der Waals surface area contributed by atoms with Crippen LogP contribution in [0.15, 0.2) is 71.1 Å². The number of nitrogens with zero attached hydrogens (tertiary/aromatic N) is 1. The van der Waals surface area contributed by atoms with Crippen molar-refractivity contribution in [2.75, 3.05) is 16.4 Å². The van der Waals surface area contributed by atoms with Gasteiger partial charge in [0.15, 0.2) is 5.13 Å². The minimum Gasteiger partial charge on any atom is -0.478 e. The van der Waals surface area contributed by atoms with Crippen LogP contribution in [0, 0.1) is 6.92 Å². The molecule has 164 valence electrons. The van der Waals surface area contributed by atoms with Crippen LogP contribution < -0.4 is 10.6 Å². The molecule has 0 radical (unpaired) electrons. The lowest BCUT2D eigenvalue weighted by molar-refractivity contribution is -0.132. The summed E-state index contributed by atoms with van der Waals surface area (Å²) in [5, 5.41) is 14.8. The predicted molar refractivity (Wildman–Crippen MR) is 128 cm³/mol. The zero-order chi connectivity index (χ0) is 23.1. The zero-order valence-electron chi connectivity index (χ0n) is 17.4. The van der Waals surface area contributed by atoms with E-state index in [1.54, 1.807) is 24.3 Å². The van der Waals surface area contributed by atoms with Gasteiger partial charge in [-0.2, -0.15) is 0 Å². The number of rotatable bonds is 8. The number of aliphatic carboxylic acids is 1. The van der Waals surface area contributed by atoms with E-state index < -0.39 is 11.9 Å². The fraction of sp³-hybridized carbons (Fsp3) is 0.130. The van der Waals surface area contributed by atoms with Crippen LogP contribution in [0.5, 0.6) is 0 Å². The molecule has 0 aliphatic carbocycles. The van der Waals surface area contributed by atoms with Gasteiger partial charge in [0, 0.05) is 32.7 Å². The maximum atomic E-state index is 12.3. The van der Waals surface area contributed by atoms with Gasteiger partial charge in [0.1, 0.15) is 0 Å². The van der Waals surface area contributed by atoms with Crippen molar-refractivity contribution in [3.05, 3.63) is 71.1 Å². The highest BCUT2D eigenvalue weighted by Gasteiger charge is 2.12. The number of thioether (sulfide) groups is 1. The molecule has 0 unspecified atom stereocenters. The van der Waals surface area contributed by atoms with Crippen molar-refractivity contribution < 1.29 is 19.5 Å². The minimum atomic E-state index is -1.14. The second-order valence-corrected chi connectivity index (χ2v) is 9.02. The number of benzene rings is 2. The van der Waals surface area contributed by atoms with Crippen LogP contribution in [0.25, 0.3) is 11.3 Å². The van der Waals surface area contributed by atoms with Crippen molar-refractivity contribution in [3.63, 3.8) is 0 Å². The number of thiazole rings is 1. The Balaban J connectivity index is 1.52. The summed E-state index contributed by atoms with van der Waals surface area (Å²) < 4.78 is 0. The second kappa shape index (κ2) is 10.7. The molecule has 0 aliphatic heterocycles. The molecule has 0 atom stereocenters. The molecule has 9 heteroatoms. The SMILES string of the molecule is C/C(=C/C(=O)Nc1ccc(SCC(=O)Nc2nc(-c3ccccc3)c(C)s2)cc1)C(=O)O. The van der Waals surface area contributed by atoms with Crippen molar-refractivity contribution >= 4 is 51.7 Å². The van der Waals surface area contributed by atoms with Gasteiger partial charge in [-0.05, 0) is 38.1 Å². The van der Waals surface area contributed by atoms with Gasteiger partial charge in [0.05, 0.1) is 11.4 Å². The van der Waals surface area contributed by atoms with E-state index in [-0.39, 0.29) is 17.2 Å². The van der Waals surface area contributed by atoms with E-state index in [2.05, 4.69) is 15.6 Å². The van der Waals surface area contributed by atoms with Gasteiger partial charge in [0.2, 0.25) is 11.8 Å². The van der Waals surface area contributed by atoms with Gasteiger partial charge in [-0.1, -0.05) is 30.3 Å². The predicted octanol–water partition coefficient (Wildman–Crippen LogP) is 4.82. The van der Waals surface area contributed by atoms with Crippen LogP contribution in [0.4, 0.5) is 10.8 Å². The third-order valence-corrected chi connectivity index (χ3v) is 6.17. The van der Waals surface area contributed by atoms with Crippen LogP contribution in [0.1, 0.15) is 11.8 Å². The molecule has 0 spiro atoms. The maximum absolute atomic E-state index is 12.3. The van der Waals surface area contributed by atoms with E-state index in [4.69, 9.17) is 5.11 Å². The first kappa shape index (κ1) is 23.2. The molecule has 2 aromatic carbocycles. The maximum Gasteiger partial charge on any atom is 0.331 e. The summed E-state index contributed by atoms with van der Waals surface area (Å²) in [6.45, 7) is 3.33. The second-order valence-electron chi connectivity index (χ2n) is 6.77. The molecule has 0 aliphatic rings. The molecule has 3 rings (SSSR count). The lowest BCUT2D eigenvalue weighted by Crippen LogP contribution is -2.13. The quantitative estimate of drug-likeness (QED) is 0.324. The van der Waals surface area contributed by atoms with Crippen molar-refractivity contribution in [2.24, 2.45) is 0 Å². The average molecular weight is 468 g/mol. The van der Waals surface area contributed by atoms with E-state index in [1.807, 2.05) is 37.3 Å². The highest BCUT2D eigenvalue weighted by molar-refractivity contribution is 8.00. The third-order valence-electron chi connectivity index (χ3n) is 4.27. The van der Waals surface area contributed by atoms with Gasteiger partial charge in [0.25, 0.3) is 0 Å². The summed E-state index contributed by atoms with van der Waals surface area (Å²) in [6, 6.07) is 16.8. The summed E-state index contributed by atoms with van der Waals surface area (Å²) in [6.07, 6.45) is 1.03. The van der Waals surface area contributed by atoms with E-state index in [1.165, 1.54) is 30.0 Å². The van der Waals surface area contributed by atoms with Crippen LogP contribution in [-0.4, -0.2) is 33.6 Å². The van der Waals surface area contributed by atoms with Gasteiger partial charge >= 0.3 is 5.97 Å². The van der Waals surface area contributed by atoms with Crippen molar-refractivity contribution in [2.45, 2.75) is 18.7 Å². The van der Waals surface area contributed by atoms with Crippen molar-refractivity contribution in [1.82, 2.24) is 4.98 Å². The lowest BCUT2D eigenvalue weighted by atomic mass is 10.1. The van der Waals surface area contributed by atoms with Gasteiger partial charge in [-0.3, -0.25) is 9.59 Å². The van der Waals surface area contributed by atoms with E-state index in [0.717, 1.165) is 27.1 Å². The number of aromatic nitrogens is 1. The van der Waals surface area contributed by atoms with Gasteiger partial charge < -0.3 is 15.7 Å². The van der Waals surface area contributed by atoms with Gasteiger partial charge in [-0.15, -0.1) is 23.1 Å². The van der Waals surface area contributed by atoms with Gasteiger partial charge in [-0.25, -0.2) is 9.78 Å². The first-order valence-electron chi connectivity index (χ1n) is 9.60. The molecule has 7 nitrogen and oxygen atoms in total. The summed E-state index contributed by atoms with van der Waals surface area (Å²) in [5.74, 6) is -1.60. The smallest absolute Gasteiger partial charge is 0.331 e. The Morgan fingerprint density at radius 2 is 1.75 bits per heavy atom. The van der Waals surface area contributed by atoms with Crippen LogP contribution in [-0.2, 0) is 14.4 Å². The molecule has 3 N–H and O–H groups in total. The third kappa shape index (κ3) is 6.53. The standard InChI is InChI=1S/C23H21N3O4S2/c1-14(22(29)30)12-19(27)24-17-8-10-18(11-9-17)31-13-20(28)25-23-26-21(15(2)32-23)16-6-4-3-5-7-16/h3-12H,13H2,1-2H3,(H,24,27)(H,29,30)(H,25,26,28)/b14-12-. The highest BCUT2D eigenvalue weighted by atomic mass is 32.2. The summed E-state index contributed by atoms with van der Waals surface area (Å²) in [7, 11) is 0. The fourth-order valence-corrected chi connectivity index (χ4v) is 4.24. The largest absolute Gasteiger partial charge is 0.478 e. The molecule has 32 heavy (non-hydrogen) atoms. The topological polar surface area (TPSA) is 108 Å². The number of carbonyl (C=O) groups is 3. The monoisotopic (exact) mass is 467 g/mol. The molecule has 0 fully saturated rings. The summed E-state index contributed by atoms with van der Waals surface area (Å²) >= 11 is 2.80. The highest BCUT2D eigenvalue weighted by Crippen LogP contribution is 2.30. The first-order chi connectivity index (χ1) is 15.3. The molecular weight excluding hydrogens is 446 g/mol. The molecule has 0 saturated heterocycles. The Morgan fingerprint density at radius 1 is 1.06 bits per heavy atom. The molecule has 0 bridgehead atoms. The lowest BCUT2D eigenvalue weighted by Gasteiger charge is -2.05. The first-order valence-corrected chi connectivity index (χ1v) is 11.4. The number of nitrogens with one attached hydrogen (secondary N) is 2. The number of carboxylic acid groups (broad SMARTS) is 1. The molecule has 1 aromatic heterocycles. The molecule has 2 amide bonds. The van der Waals surface area contributed by atoms with Crippen LogP contribution in [0.2, 0.25) is 0 Å². The van der Waals surface area contributed by atoms with Crippen LogP contribution in [0.3, 0.4) is 0 Å². The number of carboxylic acids is 1. The number of amides is 2. The summed E-state index contributed by atoms with van der Waals surface area (Å²) in [5.41, 5.74) is 2.36. The summed E-state index contributed by atoms with van der Waals surface area (Å²) in [4.78, 5) is 41.3. The normalized spacial score (nSPS) is 11.1. The van der Waals surface area contributed by atoms with E-state index in [9.17, 15) is 14.4 Å². The Bertz CT molecular complexity index is 1160.